The van der Waals surface area contributed by atoms with Gasteiger partial charge in [0.25, 0.3) is 0 Å². The molecule has 166 valence electrons. The Bertz CT molecular complexity index is 516. The predicted octanol–water partition coefficient (Wildman–Crippen LogP) is 8.75. The summed E-state index contributed by atoms with van der Waals surface area (Å²) >= 11 is 0. The maximum atomic E-state index is 6.27. The second-order valence-corrected chi connectivity index (χ2v) is 7.25. The average Bonchev–Trinajstić information content (AvgIpc) is 2.72. The standard InChI is InChI=1S/C18H28O2.C4H10.2C2H6/c1-7-8-15-9-10-16-14(6)17(19-11(2)3)12(4)13(5)18(16)20-15;1-3-4-2;2*1-2/h11,15H,7-10H2,1-6H3;3-4H2,1-2H3;2*1-2H3/t15-;;;/m1.../s1. The first-order valence-electron chi connectivity index (χ1n) is 11.8. The fraction of sp³-hybridized carbons (Fsp3) is 0.769. The third-order valence-electron chi connectivity index (χ3n) is 4.78. The molecule has 0 unspecified atom stereocenters. The number of unbranched alkanes of at least 4 members (excludes halogenated alkanes) is 1. The van der Waals surface area contributed by atoms with E-state index in [1.54, 1.807) is 0 Å². The van der Waals surface area contributed by atoms with Crippen molar-refractivity contribution in [3.63, 3.8) is 0 Å². The molecular weight excluding hydrogens is 344 g/mol. The van der Waals surface area contributed by atoms with Crippen LogP contribution in [0.1, 0.15) is 117 Å². The summed E-state index contributed by atoms with van der Waals surface area (Å²) in [4.78, 5) is 0. The van der Waals surface area contributed by atoms with Gasteiger partial charge in [0.1, 0.15) is 11.5 Å². The van der Waals surface area contributed by atoms with Crippen molar-refractivity contribution in [3.8, 4) is 11.5 Å². The summed E-state index contributed by atoms with van der Waals surface area (Å²) in [6, 6.07) is 0. The minimum absolute atomic E-state index is 0.210. The Kier molecular flexibility index (Phi) is 17.4. The molecule has 0 saturated carbocycles. The number of benzene rings is 1. The molecule has 0 amide bonds. The number of hydrogen-bond donors (Lipinski definition) is 0. The lowest BCUT2D eigenvalue weighted by Crippen LogP contribution is -2.24. The van der Waals surface area contributed by atoms with E-state index in [1.807, 2.05) is 27.7 Å². The van der Waals surface area contributed by atoms with Gasteiger partial charge in [-0.05, 0) is 70.6 Å². The largest absolute Gasteiger partial charge is 0.490 e. The predicted molar refractivity (Wildman–Crippen MR) is 127 cm³/mol. The van der Waals surface area contributed by atoms with E-state index in [2.05, 4.69) is 55.4 Å². The lowest BCUT2D eigenvalue weighted by Gasteiger charge is -2.31. The first-order chi connectivity index (χ1) is 13.4. The quantitative estimate of drug-likeness (QED) is 0.497. The zero-order valence-corrected chi connectivity index (χ0v) is 21.2. The molecule has 0 spiro atoms. The summed E-state index contributed by atoms with van der Waals surface area (Å²) < 4.78 is 12.3. The fourth-order valence-electron chi connectivity index (χ4n) is 3.08. The highest BCUT2D eigenvalue weighted by atomic mass is 16.5. The van der Waals surface area contributed by atoms with Gasteiger partial charge in [-0.25, -0.2) is 0 Å². The average molecular weight is 395 g/mol. The lowest BCUT2D eigenvalue weighted by atomic mass is 9.90. The molecule has 1 aliphatic heterocycles. The second-order valence-electron chi connectivity index (χ2n) is 7.25. The maximum Gasteiger partial charge on any atom is 0.126 e. The highest BCUT2D eigenvalue weighted by Crippen LogP contribution is 2.42. The smallest absolute Gasteiger partial charge is 0.126 e. The fourth-order valence-corrected chi connectivity index (χ4v) is 3.08. The van der Waals surface area contributed by atoms with Crippen LogP contribution in [0.2, 0.25) is 0 Å². The van der Waals surface area contributed by atoms with Gasteiger partial charge < -0.3 is 9.47 Å². The van der Waals surface area contributed by atoms with E-state index in [-0.39, 0.29) is 6.10 Å². The molecule has 0 aliphatic carbocycles. The van der Waals surface area contributed by atoms with Crippen molar-refractivity contribution in [2.45, 2.75) is 134 Å². The van der Waals surface area contributed by atoms with Crippen LogP contribution >= 0.6 is 0 Å². The van der Waals surface area contributed by atoms with E-state index in [4.69, 9.17) is 9.47 Å². The molecule has 0 N–H and O–H groups in total. The van der Waals surface area contributed by atoms with Crippen LogP contribution in [0.15, 0.2) is 0 Å². The Morgan fingerprint density at radius 1 is 0.857 bits per heavy atom. The van der Waals surface area contributed by atoms with Crippen LogP contribution in [0.5, 0.6) is 11.5 Å². The van der Waals surface area contributed by atoms with Crippen molar-refractivity contribution in [1.29, 1.82) is 0 Å². The summed E-state index contributed by atoms with van der Waals surface area (Å²) in [6.07, 6.45) is 7.82. The van der Waals surface area contributed by atoms with E-state index in [0.29, 0.717) is 6.10 Å². The summed E-state index contributed by atoms with van der Waals surface area (Å²) in [5.41, 5.74) is 5.11. The Balaban J connectivity index is 0. The Labute approximate surface area is 177 Å². The Hall–Kier alpha value is -1.18. The Morgan fingerprint density at radius 2 is 1.39 bits per heavy atom. The number of rotatable bonds is 5. The molecular formula is C26H50O2. The van der Waals surface area contributed by atoms with Gasteiger partial charge in [-0.15, -0.1) is 0 Å². The summed E-state index contributed by atoms with van der Waals surface area (Å²) in [6.45, 7) is 25.2. The van der Waals surface area contributed by atoms with Crippen molar-refractivity contribution in [3.05, 3.63) is 22.3 Å². The lowest BCUT2D eigenvalue weighted by molar-refractivity contribution is 0.160. The van der Waals surface area contributed by atoms with Crippen LogP contribution in [0.25, 0.3) is 0 Å². The molecule has 2 heteroatoms. The van der Waals surface area contributed by atoms with Gasteiger partial charge in [-0.1, -0.05) is 67.7 Å². The number of ether oxygens (including phenoxy) is 2. The highest BCUT2D eigenvalue weighted by Gasteiger charge is 2.26. The van der Waals surface area contributed by atoms with E-state index in [9.17, 15) is 0 Å². The third-order valence-corrected chi connectivity index (χ3v) is 4.78. The maximum absolute atomic E-state index is 6.27. The van der Waals surface area contributed by atoms with Crippen molar-refractivity contribution >= 4 is 0 Å². The van der Waals surface area contributed by atoms with Crippen LogP contribution in [-0.2, 0) is 6.42 Å². The molecule has 0 aromatic heterocycles. The number of fused-ring (bicyclic) bond motifs is 1. The van der Waals surface area contributed by atoms with Gasteiger partial charge in [0.2, 0.25) is 0 Å². The van der Waals surface area contributed by atoms with Gasteiger partial charge in [-0.3, -0.25) is 0 Å². The molecule has 0 fully saturated rings. The van der Waals surface area contributed by atoms with Crippen molar-refractivity contribution < 1.29 is 9.47 Å². The van der Waals surface area contributed by atoms with E-state index in [1.165, 1.54) is 41.5 Å². The third kappa shape index (κ3) is 8.88. The first kappa shape index (κ1) is 29.0. The molecule has 2 rings (SSSR count). The molecule has 1 aromatic carbocycles. The van der Waals surface area contributed by atoms with E-state index in [0.717, 1.165) is 30.8 Å². The van der Waals surface area contributed by atoms with Gasteiger partial charge in [-0.2, -0.15) is 0 Å². The van der Waals surface area contributed by atoms with Crippen LogP contribution < -0.4 is 9.47 Å². The van der Waals surface area contributed by atoms with Gasteiger partial charge in [0.15, 0.2) is 0 Å². The molecule has 1 atom stereocenters. The van der Waals surface area contributed by atoms with Gasteiger partial charge in [0.05, 0.1) is 12.2 Å². The topological polar surface area (TPSA) is 18.5 Å². The Morgan fingerprint density at radius 3 is 1.82 bits per heavy atom. The summed E-state index contributed by atoms with van der Waals surface area (Å²) in [5, 5.41) is 0. The van der Waals surface area contributed by atoms with Crippen LogP contribution in [0.4, 0.5) is 0 Å². The summed E-state index contributed by atoms with van der Waals surface area (Å²) in [7, 11) is 0. The monoisotopic (exact) mass is 394 g/mol. The van der Waals surface area contributed by atoms with Crippen molar-refractivity contribution in [2.24, 2.45) is 0 Å². The molecule has 1 heterocycles. The van der Waals surface area contributed by atoms with Crippen molar-refractivity contribution in [2.75, 3.05) is 0 Å². The van der Waals surface area contributed by atoms with Crippen LogP contribution in [-0.4, -0.2) is 12.2 Å². The molecule has 0 saturated heterocycles. The zero-order valence-electron chi connectivity index (χ0n) is 21.2. The molecule has 0 bridgehead atoms. The minimum Gasteiger partial charge on any atom is -0.490 e. The molecule has 1 aromatic rings. The molecule has 2 nitrogen and oxygen atoms in total. The van der Waals surface area contributed by atoms with Crippen LogP contribution in [0.3, 0.4) is 0 Å². The number of hydrogen-bond acceptors (Lipinski definition) is 2. The van der Waals surface area contributed by atoms with Gasteiger partial charge in [0, 0.05) is 5.56 Å². The molecule has 28 heavy (non-hydrogen) atoms. The second kappa shape index (κ2) is 16.7. The minimum atomic E-state index is 0.210. The van der Waals surface area contributed by atoms with Crippen molar-refractivity contribution in [1.82, 2.24) is 0 Å². The normalized spacial score (nSPS) is 14.2. The molecule has 0 radical (unpaired) electrons. The zero-order chi connectivity index (χ0) is 22.3. The van der Waals surface area contributed by atoms with E-state index < -0.39 is 0 Å². The van der Waals surface area contributed by atoms with Crippen LogP contribution in [0, 0.1) is 20.8 Å². The van der Waals surface area contributed by atoms with E-state index >= 15 is 0 Å². The first-order valence-corrected chi connectivity index (χ1v) is 11.8. The SMILES string of the molecule is CC.CC.CCCC.CCC[C@@H]1CCc2c(C)c(OC(C)C)c(C)c(C)c2O1. The highest BCUT2D eigenvalue weighted by molar-refractivity contribution is 5.58. The molecule has 1 aliphatic rings. The summed E-state index contributed by atoms with van der Waals surface area (Å²) in [5.74, 6) is 2.19. The van der Waals surface area contributed by atoms with Gasteiger partial charge >= 0.3 is 0 Å².